The van der Waals surface area contributed by atoms with E-state index >= 15 is 0 Å². The maximum atomic E-state index is 6.25. The molecule has 0 radical (unpaired) electrons. The second kappa shape index (κ2) is 4.67. The summed E-state index contributed by atoms with van der Waals surface area (Å²) < 4.78 is 5.60. The monoisotopic (exact) mass is 205 g/mol. The van der Waals surface area contributed by atoms with Gasteiger partial charge in [-0.15, -0.1) is 0 Å². The van der Waals surface area contributed by atoms with Crippen LogP contribution in [-0.2, 0) is 0 Å². The van der Waals surface area contributed by atoms with E-state index in [-0.39, 0.29) is 6.04 Å². The quantitative estimate of drug-likeness (QED) is 0.820. The zero-order chi connectivity index (χ0) is 10.7. The molecular formula is C13H19NO. The van der Waals surface area contributed by atoms with Gasteiger partial charge in [-0.2, -0.15) is 0 Å². The van der Waals surface area contributed by atoms with Gasteiger partial charge in [-0.05, 0) is 31.7 Å². The second-order valence-electron chi connectivity index (χ2n) is 4.19. The molecule has 0 heterocycles. The van der Waals surface area contributed by atoms with Gasteiger partial charge < -0.3 is 10.5 Å². The Balaban J connectivity index is 2.17. The van der Waals surface area contributed by atoms with Crippen LogP contribution in [0.3, 0.4) is 0 Å². The summed E-state index contributed by atoms with van der Waals surface area (Å²) in [7, 11) is 0. The zero-order valence-electron chi connectivity index (χ0n) is 9.28. The Morgan fingerprint density at radius 3 is 2.73 bits per heavy atom. The number of para-hydroxylation sites is 1. The van der Waals surface area contributed by atoms with Crippen molar-refractivity contribution in [3.05, 3.63) is 29.8 Å². The fourth-order valence-electron chi connectivity index (χ4n) is 2.10. The highest BCUT2D eigenvalue weighted by Crippen LogP contribution is 2.38. The SMILES string of the molecule is CCOc1ccccc1[C@H](N)C1CCC1. The Morgan fingerprint density at radius 2 is 2.13 bits per heavy atom. The fourth-order valence-corrected chi connectivity index (χ4v) is 2.10. The number of hydrogen-bond donors (Lipinski definition) is 1. The highest BCUT2D eigenvalue weighted by Gasteiger charge is 2.27. The molecule has 0 bridgehead atoms. The van der Waals surface area contributed by atoms with Crippen LogP contribution >= 0.6 is 0 Å². The van der Waals surface area contributed by atoms with Gasteiger partial charge in [-0.3, -0.25) is 0 Å². The summed E-state index contributed by atoms with van der Waals surface area (Å²) >= 11 is 0. The molecule has 1 atom stereocenters. The molecule has 0 spiro atoms. The van der Waals surface area contributed by atoms with Crippen LogP contribution in [0, 0.1) is 5.92 Å². The van der Waals surface area contributed by atoms with Gasteiger partial charge in [0.05, 0.1) is 6.61 Å². The van der Waals surface area contributed by atoms with Crippen molar-refractivity contribution in [2.45, 2.75) is 32.2 Å². The van der Waals surface area contributed by atoms with Gasteiger partial charge in [0, 0.05) is 11.6 Å². The molecule has 0 unspecified atom stereocenters. The molecular weight excluding hydrogens is 186 g/mol. The van der Waals surface area contributed by atoms with E-state index in [4.69, 9.17) is 10.5 Å². The third-order valence-corrected chi connectivity index (χ3v) is 3.24. The summed E-state index contributed by atoms with van der Waals surface area (Å²) in [4.78, 5) is 0. The van der Waals surface area contributed by atoms with Crippen LogP contribution in [0.1, 0.15) is 37.8 Å². The summed E-state index contributed by atoms with van der Waals surface area (Å²) in [6.07, 6.45) is 3.86. The van der Waals surface area contributed by atoms with Gasteiger partial charge in [-0.25, -0.2) is 0 Å². The first-order chi connectivity index (χ1) is 7.33. The van der Waals surface area contributed by atoms with E-state index in [2.05, 4.69) is 6.07 Å². The first-order valence-electron chi connectivity index (χ1n) is 5.80. The first-order valence-corrected chi connectivity index (χ1v) is 5.80. The van der Waals surface area contributed by atoms with E-state index in [0.29, 0.717) is 12.5 Å². The third kappa shape index (κ3) is 2.15. The normalized spacial score (nSPS) is 18.3. The molecule has 1 fully saturated rings. The number of ether oxygens (including phenoxy) is 1. The maximum Gasteiger partial charge on any atom is 0.124 e. The number of benzene rings is 1. The molecule has 2 nitrogen and oxygen atoms in total. The van der Waals surface area contributed by atoms with E-state index < -0.39 is 0 Å². The molecule has 2 rings (SSSR count). The Kier molecular flexibility index (Phi) is 3.27. The van der Waals surface area contributed by atoms with Crippen molar-refractivity contribution in [3.8, 4) is 5.75 Å². The topological polar surface area (TPSA) is 35.2 Å². The van der Waals surface area contributed by atoms with Crippen molar-refractivity contribution in [3.63, 3.8) is 0 Å². The minimum absolute atomic E-state index is 0.154. The first kappa shape index (κ1) is 10.5. The summed E-state index contributed by atoms with van der Waals surface area (Å²) in [6, 6.07) is 8.30. The average molecular weight is 205 g/mol. The van der Waals surface area contributed by atoms with Gasteiger partial charge in [0.1, 0.15) is 5.75 Å². The van der Waals surface area contributed by atoms with Crippen LogP contribution in [0.15, 0.2) is 24.3 Å². The number of nitrogens with two attached hydrogens (primary N) is 1. The minimum atomic E-state index is 0.154. The maximum absolute atomic E-state index is 6.25. The molecule has 1 aromatic carbocycles. The van der Waals surface area contributed by atoms with Gasteiger partial charge in [0.25, 0.3) is 0 Å². The van der Waals surface area contributed by atoms with Crippen molar-refractivity contribution >= 4 is 0 Å². The van der Waals surface area contributed by atoms with E-state index in [9.17, 15) is 0 Å². The highest BCUT2D eigenvalue weighted by molar-refractivity contribution is 5.36. The largest absolute Gasteiger partial charge is 0.494 e. The summed E-state index contributed by atoms with van der Waals surface area (Å²) in [5.41, 5.74) is 7.42. The van der Waals surface area contributed by atoms with E-state index in [0.717, 1.165) is 5.75 Å². The smallest absolute Gasteiger partial charge is 0.124 e. The van der Waals surface area contributed by atoms with Crippen molar-refractivity contribution < 1.29 is 4.74 Å². The molecule has 2 N–H and O–H groups in total. The lowest BCUT2D eigenvalue weighted by Crippen LogP contribution is -2.27. The van der Waals surface area contributed by atoms with Crippen molar-refractivity contribution in [2.24, 2.45) is 11.7 Å². The van der Waals surface area contributed by atoms with Crippen LogP contribution < -0.4 is 10.5 Å². The molecule has 82 valence electrons. The van der Waals surface area contributed by atoms with E-state index in [1.165, 1.54) is 24.8 Å². The van der Waals surface area contributed by atoms with Crippen molar-refractivity contribution in [1.82, 2.24) is 0 Å². The lowest BCUT2D eigenvalue weighted by atomic mass is 9.77. The predicted octanol–water partition coefficient (Wildman–Crippen LogP) is 2.89. The zero-order valence-corrected chi connectivity index (χ0v) is 9.28. The molecule has 0 aliphatic heterocycles. The standard InChI is InChI=1S/C13H19NO/c1-2-15-12-9-4-3-8-11(12)13(14)10-6-5-7-10/h3-4,8-10,13H,2,5-7,14H2,1H3/t13-/m1/s1. The second-order valence-corrected chi connectivity index (χ2v) is 4.19. The number of rotatable bonds is 4. The molecule has 1 aromatic rings. The van der Waals surface area contributed by atoms with Crippen molar-refractivity contribution in [1.29, 1.82) is 0 Å². The third-order valence-electron chi connectivity index (χ3n) is 3.24. The minimum Gasteiger partial charge on any atom is -0.494 e. The van der Waals surface area contributed by atoms with Crippen molar-refractivity contribution in [2.75, 3.05) is 6.61 Å². The molecule has 2 heteroatoms. The van der Waals surface area contributed by atoms with Crippen LogP contribution in [-0.4, -0.2) is 6.61 Å². The van der Waals surface area contributed by atoms with Crippen LogP contribution in [0.2, 0.25) is 0 Å². The number of hydrogen-bond acceptors (Lipinski definition) is 2. The fraction of sp³-hybridized carbons (Fsp3) is 0.538. The van der Waals surface area contributed by atoms with Gasteiger partial charge in [0.15, 0.2) is 0 Å². The molecule has 0 saturated heterocycles. The predicted molar refractivity (Wildman–Crippen MR) is 61.9 cm³/mol. The van der Waals surface area contributed by atoms with Crippen LogP contribution in [0.4, 0.5) is 0 Å². The molecule has 0 aromatic heterocycles. The van der Waals surface area contributed by atoms with Gasteiger partial charge >= 0.3 is 0 Å². The summed E-state index contributed by atoms with van der Waals surface area (Å²) in [5, 5.41) is 0. The van der Waals surface area contributed by atoms with Crippen LogP contribution in [0.5, 0.6) is 5.75 Å². The Labute approximate surface area is 91.4 Å². The average Bonchev–Trinajstić information content (AvgIpc) is 2.16. The lowest BCUT2D eigenvalue weighted by molar-refractivity contribution is 0.256. The molecule has 1 aliphatic carbocycles. The molecule has 0 amide bonds. The molecule has 1 aliphatic rings. The highest BCUT2D eigenvalue weighted by atomic mass is 16.5. The Bertz CT molecular complexity index is 320. The summed E-state index contributed by atoms with van der Waals surface area (Å²) in [6.45, 7) is 2.71. The molecule has 1 saturated carbocycles. The van der Waals surface area contributed by atoms with E-state index in [1.807, 2.05) is 25.1 Å². The Hall–Kier alpha value is -1.02. The lowest BCUT2D eigenvalue weighted by Gasteiger charge is -2.32. The van der Waals surface area contributed by atoms with Crippen LogP contribution in [0.25, 0.3) is 0 Å². The summed E-state index contributed by atoms with van der Waals surface area (Å²) in [5.74, 6) is 1.62. The molecule has 15 heavy (non-hydrogen) atoms. The van der Waals surface area contributed by atoms with Gasteiger partial charge in [-0.1, -0.05) is 24.6 Å². The van der Waals surface area contributed by atoms with E-state index in [1.54, 1.807) is 0 Å². The van der Waals surface area contributed by atoms with Gasteiger partial charge in [0.2, 0.25) is 0 Å². The Morgan fingerprint density at radius 1 is 1.40 bits per heavy atom.